The van der Waals surface area contributed by atoms with Crippen LogP contribution in [0.3, 0.4) is 0 Å². The molecule has 4 aliphatic rings. The molecule has 1 spiro atoms. The van der Waals surface area contributed by atoms with E-state index in [1.165, 1.54) is 0 Å². The zero-order valence-corrected chi connectivity index (χ0v) is 31.7. The maximum absolute atomic E-state index is 13.4. The van der Waals surface area contributed by atoms with Gasteiger partial charge < -0.3 is 5.32 Å². The third-order valence-corrected chi connectivity index (χ3v) is 11.5. The van der Waals surface area contributed by atoms with E-state index in [4.69, 9.17) is 21.7 Å². The van der Waals surface area contributed by atoms with Gasteiger partial charge in [0.1, 0.15) is 17.4 Å². The van der Waals surface area contributed by atoms with Gasteiger partial charge in [-0.05, 0) is 81.0 Å². The Hall–Kier alpha value is -5.95. The number of hydrogen-bond donors (Lipinski definition) is 2. The molecular formula is C42H40ClN9O4. The van der Waals surface area contributed by atoms with Crippen molar-refractivity contribution in [2.24, 2.45) is 4.99 Å². The summed E-state index contributed by atoms with van der Waals surface area (Å²) in [5.74, 6) is -0.285. The number of benzene rings is 3. The van der Waals surface area contributed by atoms with E-state index in [0.717, 1.165) is 102 Å². The first-order valence-electron chi connectivity index (χ1n) is 19.3. The molecule has 284 valence electrons. The Morgan fingerprint density at radius 3 is 2.46 bits per heavy atom. The van der Waals surface area contributed by atoms with E-state index >= 15 is 0 Å². The monoisotopic (exact) mass is 769 g/mol. The molecular weight excluding hydrogens is 730 g/mol. The van der Waals surface area contributed by atoms with Crippen LogP contribution in [-0.4, -0.2) is 71.4 Å². The quantitative estimate of drug-likeness (QED) is 0.109. The largest absolute Gasteiger partial charge is 0.384 e. The SMILES string of the molecule is Cc1nnc2n1-c1ccc(-c3cnn(CCCCCCCNc4cccc5c4C(=O)N(C4CCC(=O)NC4=O)C5=O)c3)cc1C(c1ccc(Cl)cc1)=NC21CC1. The number of halogens is 1. The van der Waals surface area contributed by atoms with Crippen molar-refractivity contribution in [3.8, 4) is 16.8 Å². The Morgan fingerprint density at radius 1 is 0.875 bits per heavy atom. The third kappa shape index (κ3) is 6.39. The van der Waals surface area contributed by atoms with Crippen LogP contribution < -0.4 is 10.6 Å². The molecule has 1 saturated heterocycles. The number of amides is 4. The number of aryl methyl sites for hydroxylation is 2. The summed E-state index contributed by atoms with van der Waals surface area (Å²) in [7, 11) is 0. The van der Waals surface area contributed by atoms with Crippen LogP contribution in [0, 0.1) is 6.92 Å². The van der Waals surface area contributed by atoms with Gasteiger partial charge in [0.15, 0.2) is 5.82 Å². The maximum atomic E-state index is 13.4. The van der Waals surface area contributed by atoms with E-state index in [0.29, 0.717) is 17.3 Å². The van der Waals surface area contributed by atoms with E-state index < -0.39 is 29.7 Å². The highest BCUT2D eigenvalue weighted by Gasteiger charge is 2.51. The van der Waals surface area contributed by atoms with Crippen LogP contribution in [0.15, 0.2) is 78.0 Å². The molecule has 4 amide bonds. The minimum atomic E-state index is -0.984. The smallest absolute Gasteiger partial charge is 0.264 e. The lowest BCUT2D eigenvalue weighted by Crippen LogP contribution is -2.54. The van der Waals surface area contributed by atoms with Crippen molar-refractivity contribution in [1.82, 2.24) is 34.8 Å². The molecule has 1 atom stereocenters. The number of piperidine rings is 1. The lowest BCUT2D eigenvalue weighted by atomic mass is 9.96. The molecule has 56 heavy (non-hydrogen) atoms. The fourth-order valence-electron chi connectivity index (χ4n) is 8.11. The van der Waals surface area contributed by atoms with Gasteiger partial charge in [-0.2, -0.15) is 5.10 Å². The van der Waals surface area contributed by atoms with Crippen molar-refractivity contribution < 1.29 is 19.2 Å². The van der Waals surface area contributed by atoms with Crippen LogP contribution in [-0.2, 0) is 21.7 Å². The first kappa shape index (κ1) is 35.7. The van der Waals surface area contributed by atoms with Crippen LogP contribution in [0.1, 0.15) is 101 Å². The zero-order valence-electron chi connectivity index (χ0n) is 30.9. The number of nitrogens with zero attached hydrogens (tertiary/aromatic N) is 7. The van der Waals surface area contributed by atoms with Gasteiger partial charge in [0.05, 0.1) is 28.7 Å². The summed E-state index contributed by atoms with van der Waals surface area (Å²) >= 11 is 6.27. The first-order chi connectivity index (χ1) is 27.2. The molecule has 13 nitrogen and oxygen atoms in total. The normalized spacial score (nSPS) is 18.0. The Kier molecular flexibility index (Phi) is 9.11. The minimum absolute atomic E-state index is 0.0869. The maximum Gasteiger partial charge on any atom is 0.264 e. The van der Waals surface area contributed by atoms with Crippen molar-refractivity contribution in [1.29, 1.82) is 0 Å². The highest BCUT2D eigenvalue weighted by atomic mass is 35.5. The Bertz CT molecular complexity index is 2450. The van der Waals surface area contributed by atoms with Crippen LogP contribution in [0.2, 0.25) is 5.02 Å². The van der Waals surface area contributed by atoms with Crippen molar-refractivity contribution in [3.05, 3.63) is 112 Å². The number of carbonyl (C=O) groups is 4. The highest BCUT2D eigenvalue weighted by Crippen LogP contribution is 2.52. The van der Waals surface area contributed by atoms with Gasteiger partial charge in [0, 0.05) is 53.1 Å². The Labute approximate surface area is 328 Å². The summed E-state index contributed by atoms with van der Waals surface area (Å²) in [5, 5.41) is 20.0. The summed E-state index contributed by atoms with van der Waals surface area (Å²) in [6, 6.07) is 18.5. The molecule has 5 heterocycles. The number of unbranched alkanes of at least 4 members (excludes halogenated alkanes) is 4. The lowest BCUT2D eigenvalue weighted by molar-refractivity contribution is -0.136. The number of aromatic nitrogens is 5. The molecule has 2 fully saturated rings. The fourth-order valence-corrected chi connectivity index (χ4v) is 8.23. The highest BCUT2D eigenvalue weighted by molar-refractivity contribution is 6.30. The molecule has 3 aliphatic heterocycles. The molecule has 9 rings (SSSR count). The van der Waals surface area contributed by atoms with E-state index in [9.17, 15) is 19.2 Å². The molecule has 0 bridgehead atoms. The van der Waals surface area contributed by atoms with E-state index in [2.05, 4.69) is 49.8 Å². The van der Waals surface area contributed by atoms with Gasteiger partial charge in [-0.25, -0.2) is 0 Å². The number of imide groups is 2. The number of hydrogen-bond acceptors (Lipinski definition) is 9. The molecule has 14 heteroatoms. The second-order valence-corrected chi connectivity index (χ2v) is 15.4. The summed E-state index contributed by atoms with van der Waals surface area (Å²) < 4.78 is 4.16. The average molecular weight is 770 g/mol. The molecule has 3 aromatic carbocycles. The second-order valence-electron chi connectivity index (χ2n) is 15.0. The van der Waals surface area contributed by atoms with Crippen LogP contribution in [0.5, 0.6) is 0 Å². The molecule has 1 saturated carbocycles. The molecule has 2 aromatic heterocycles. The van der Waals surface area contributed by atoms with Gasteiger partial charge in [-0.3, -0.25) is 43.6 Å². The number of anilines is 1. The number of aliphatic imine (C=N–C) groups is 1. The van der Waals surface area contributed by atoms with Gasteiger partial charge in [-0.1, -0.05) is 55.1 Å². The molecule has 1 aliphatic carbocycles. The van der Waals surface area contributed by atoms with Gasteiger partial charge in [0.2, 0.25) is 11.8 Å². The van der Waals surface area contributed by atoms with Crippen LogP contribution >= 0.6 is 11.6 Å². The summed E-state index contributed by atoms with van der Waals surface area (Å²) in [6.07, 6.45) is 11.1. The standard InChI is InChI=1S/C42H40ClN9O4/c1-25-48-49-41-42(18-19-42)47-37(26-10-13-29(43)14-11-26)31-22-27(12-15-33(31)51(25)41)28-23-45-50(24-28)21-6-4-2-3-5-20-44-32-9-7-8-30-36(32)40(56)52(39(30)55)34-16-17-35(53)46-38(34)54/h7-15,22-24,34,44H,2-6,16-21H2,1H3,(H,46,53,54). The Morgan fingerprint density at radius 2 is 1.66 bits per heavy atom. The number of rotatable bonds is 12. The van der Waals surface area contributed by atoms with Crippen molar-refractivity contribution in [2.45, 2.75) is 82.8 Å². The number of carbonyl (C=O) groups excluding carboxylic acids is 4. The average Bonchev–Trinajstić information content (AvgIpc) is 3.54. The summed E-state index contributed by atoms with van der Waals surface area (Å²) in [4.78, 5) is 56.9. The molecule has 0 radical (unpaired) electrons. The predicted molar refractivity (Wildman–Crippen MR) is 210 cm³/mol. The van der Waals surface area contributed by atoms with E-state index in [1.807, 2.05) is 42.1 Å². The zero-order chi connectivity index (χ0) is 38.6. The topological polar surface area (TPSA) is 156 Å². The fraction of sp³-hybridized carbons (Fsp3) is 0.333. The molecule has 5 aromatic rings. The van der Waals surface area contributed by atoms with E-state index in [-0.39, 0.29) is 29.5 Å². The van der Waals surface area contributed by atoms with Crippen LogP contribution in [0.4, 0.5) is 5.69 Å². The summed E-state index contributed by atoms with van der Waals surface area (Å²) in [5.41, 5.74) is 6.83. The van der Waals surface area contributed by atoms with Gasteiger partial charge >= 0.3 is 0 Å². The van der Waals surface area contributed by atoms with Gasteiger partial charge in [0.25, 0.3) is 11.8 Å². The van der Waals surface area contributed by atoms with Crippen molar-refractivity contribution in [3.63, 3.8) is 0 Å². The first-order valence-corrected chi connectivity index (χ1v) is 19.6. The van der Waals surface area contributed by atoms with Crippen molar-refractivity contribution in [2.75, 3.05) is 11.9 Å². The number of fused-ring (bicyclic) bond motifs is 5. The minimum Gasteiger partial charge on any atom is -0.384 e. The lowest BCUT2D eigenvalue weighted by Gasteiger charge is -2.27. The second kappa shape index (κ2) is 14.3. The predicted octanol–water partition coefficient (Wildman–Crippen LogP) is 6.40. The van der Waals surface area contributed by atoms with Crippen molar-refractivity contribution >= 4 is 46.6 Å². The number of nitrogens with one attached hydrogen (secondary N) is 2. The van der Waals surface area contributed by atoms with E-state index in [1.54, 1.807) is 18.2 Å². The van der Waals surface area contributed by atoms with Gasteiger partial charge in [-0.15, -0.1) is 10.2 Å². The van der Waals surface area contributed by atoms with Crippen LogP contribution in [0.25, 0.3) is 16.8 Å². The third-order valence-electron chi connectivity index (χ3n) is 11.2. The summed E-state index contributed by atoms with van der Waals surface area (Å²) in [6.45, 7) is 3.44. The molecule has 2 N–H and O–H groups in total. The Balaban J connectivity index is 0.798. The molecule has 1 unspecified atom stereocenters.